The summed E-state index contributed by atoms with van der Waals surface area (Å²) >= 11 is 0. The number of nitrogens with one attached hydrogen (secondary N) is 1. The van der Waals surface area contributed by atoms with E-state index in [4.69, 9.17) is 10.00 Å². The van der Waals surface area contributed by atoms with Crippen molar-refractivity contribution in [3.05, 3.63) is 65.7 Å². The van der Waals surface area contributed by atoms with E-state index in [2.05, 4.69) is 11.4 Å². The number of carbonyl (C=O) groups is 2. The highest BCUT2D eigenvalue weighted by atomic mass is 16.5. The van der Waals surface area contributed by atoms with E-state index in [0.29, 0.717) is 19.7 Å². The Morgan fingerprint density at radius 1 is 1.07 bits per heavy atom. The van der Waals surface area contributed by atoms with Crippen LogP contribution >= 0.6 is 0 Å². The fourth-order valence-electron chi connectivity index (χ4n) is 2.90. The highest BCUT2D eigenvalue weighted by Crippen LogP contribution is 2.15. The number of amides is 2. The monoisotopic (exact) mass is 407 g/mol. The predicted molar refractivity (Wildman–Crippen MR) is 116 cm³/mol. The van der Waals surface area contributed by atoms with Crippen LogP contribution in [0.2, 0.25) is 0 Å². The molecule has 2 aromatic rings. The third-order valence-corrected chi connectivity index (χ3v) is 4.45. The van der Waals surface area contributed by atoms with Gasteiger partial charge in [0.15, 0.2) is 0 Å². The molecule has 0 aliphatic heterocycles. The van der Waals surface area contributed by atoms with E-state index in [0.717, 1.165) is 16.8 Å². The van der Waals surface area contributed by atoms with E-state index >= 15 is 0 Å². The Balaban J connectivity index is 1.84. The Kier molecular flexibility index (Phi) is 9.56. The molecule has 0 aliphatic carbocycles. The van der Waals surface area contributed by atoms with Gasteiger partial charge in [0.25, 0.3) is 0 Å². The zero-order chi connectivity index (χ0) is 21.8. The van der Waals surface area contributed by atoms with Gasteiger partial charge in [-0.1, -0.05) is 42.5 Å². The maximum atomic E-state index is 12.6. The van der Waals surface area contributed by atoms with E-state index in [1.165, 1.54) is 0 Å². The summed E-state index contributed by atoms with van der Waals surface area (Å²) in [5, 5.41) is 11.7. The van der Waals surface area contributed by atoms with Gasteiger partial charge in [0.1, 0.15) is 0 Å². The number of anilines is 1. The van der Waals surface area contributed by atoms with Gasteiger partial charge in [-0.15, -0.1) is 0 Å². The molecule has 30 heavy (non-hydrogen) atoms. The number of hydrogen-bond acceptors (Lipinski definition) is 4. The summed E-state index contributed by atoms with van der Waals surface area (Å²) in [6.07, 6.45) is 0.595. The second kappa shape index (κ2) is 12.4. The van der Waals surface area contributed by atoms with Crippen LogP contribution < -0.4 is 10.2 Å². The van der Waals surface area contributed by atoms with Crippen molar-refractivity contribution in [2.45, 2.75) is 52.4 Å². The third kappa shape index (κ3) is 8.06. The summed E-state index contributed by atoms with van der Waals surface area (Å²) in [5.41, 5.74) is 2.78. The number of nitrogens with zero attached hydrogens (tertiary/aromatic N) is 2. The molecule has 6 nitrogen and oxygen atoms in total. The molecule has 0 aliphatic rings. The smallest absolute Gasteiger partial charge is 0.227 e. The summed E-state index contributed by atoms with van der Waals surface area (Å²) in [6, 6.07) is 19.2. The number of carbonyl (C=O) groups excluding carboxylic acids is 2. The summed E-state index contributed by atoms with van der Waals surface area (Å²) in [7, 11) is 0. The first kappa shape index (κ1) is 23.1. The van der Waals surface area contributed by atoms with Crippen molar-refractivity contribution in [2.75, 3.05) is 11.4 Å². The van der Waals surface area contributed by atoms with Crippen LogP contribution in [0.15, 0.2) is 54.6 Å². The normalized spacial score (nSPS) is 10.5. The molecule has 1 N–H and O–H groups in total. The van der Waals surface area contributed by atoms with E-state index in [1.54, 1.807) is 4.90 Å². The van der Waals surface area contributed by atoms with Crippen LogP contribution in [0.25, 0.3) is 0 Å². The van der Waals surface area contributed by atoms with Gasteiger partial charge in [0, 0.05) is 31.6 Å². The number of nitriles is 1. The van der Waals surface area contributed by atoms with Crippen molar-refractivity contribution in [1.82, 2.24) is 5.32 Å². The lowest BCUT2D eigenvalue weighted by atomic mass is 10.1. The fourth-order valence-corrected chi connectivity index (χ4v) is 2.90. The van der Waals surface area contributed by atoms with Crippen molar-refractivity contribution in [2.24, 2.45) is 0 Å². The second-order valence-corrected chi connectivity index (χ2v) is 7.25. The average molecular weight is 408 g/mol. The van der Waals surface area contributed by atoms with E-state index < -0.39 is 0 Å². The summed E-state index contributed by atoms with van der Waals surface area (Å²) in [4.78, 5) is 26.4. The zero-order valence-corrected chi connectivity index (χ0v) is 17.6. The molecule has 0 saturated carbocycles. The minimum atomic E-state index is -0.180. The van der Waals surface area contributed by atoms with Crippen LogP contribution in [-0.4, -0.2) is 24.5 Å². The molecular weight excluding hydrogens is 378 g/mol. The number of ether oxygens (including phenoxy) is 1. The van der Waals surface area contributed by atoms with E-state index in [9.17, 15) is 9.59 Å². The molecule has 0 aromatic heterocycles. The summed E-state index contributed by atoms with van der Waals surface area (Å²) in [6.45, 7) is 5.23. The lowest BCUT2D eigenvalue weighted by Gasteiger charge is -2.21. The molecule has 0 spiro atoms. The van der Waals surface area contributed by atoms with Gasteiger partial charge in [-0.3, -0.25) is 9.59 Å². The highest BCUT2D eigenvalue weighted by molar-refractivity contribution is 5.95. The molecule has 2 aromatic carbocycles. The Labute approximate surface area is 178 Å². The van der Waals surface area contributed by atoms with E-state index in [1.807, 2.05) is 68.4 Å². The van der Waals surface area contributed by atoms with Gasteiger partial charge in [0.2, 0.25) is 11.8 Å². The Hall–Kier alpha value is -3.17. The number of rotatable bonds is 11. The van der Waals surface area contributed by atoms with Crippen LogP contribution in [0.1, 0.15) is 44.2 Å². The van der Waals surface area contributed by atoms with Crippen LogP contribution in [0, 0.1) is 11.3 Å². The average Bonchev–Trinajstić information content (AvgIpc) is 2.76. The van der Waals surface area contributed by atoms with Gasteiger partial charge in [-0.05, 0) is 37.1 Å². The topological polar surface area (TPSA) is 82.4 Å². The fraction of sp³-hybridized carbons (Fsp3) is 0.375. The van der Waals surface area contributed by atoms with Gasteiger partial charge >= 0.3 is 0 Å². The Morgan fingerprint density at radius 3 is 2.50 bits per heavy atom. The molecule has 0 radical (unpaired) electrons. The van der Waals surface area contributed by atoms with Crippen LogP contribution in [-0.2, 0) is 27.5 Å². The number of hydrogen-bond donors (Lipinski definition) is 1. The SMILES string of the molecule is CC(C)OCc1cccc(CNC(=O)CCC(=O)N(CCC#N)c2ccccc2)c1. The molecule has 0 unspecified atom stereocenters. The Bertz CT molecular complexity index is 859. The van der Waals surface area contributed by atoms with Gasteiger partial charge in [-0.25, -0.2) is 0 Å². The molecule has 0 heterocycles. The predicted octanol–water partition coefficient (Wildman–Crippen LogP) is 3.95. The molecule has 0 saturated heterocycles. The quantitative estimate of drug-likeness (QED) is 0.611. The van der Waals surface area contributed by atoms with Gasteiger partial charge in [0.05, 0.1) is 25.2 Å². The van der Waals surface area contributed by atoms with Crippen LogP contribution in [0.5, 0.6) is 0 Å². The lowest BCUT2D eigenvalue weighted by Crippen LogP contribution is -2.33. The van der Waals surface area contributed by atoms with Crippen molar-refractivity contribution in [1.29, 1.82) is 5.26 Å². The summed E-state index contributed by atoms with van der Waals surface area (Å²) in [5.74, 6) is -0.347. The second-order valence-electron chi connectivity index (χ2n) is 7.25. The van der Waals surface area contributed by atoms with Crippen LogP contribution in [0.3, 0.4) is 0 Å². The number of para-hydroxylation sites is 1. The Morgan fingerprint density at radius 2 is 1.80 bits per heavy atom. The first-order chi connectivity index (χ1) is 14.5. The van der Waals surface area contributed by atoms with Crippen molar-refractivity contribution < 1.29 is 14.3 Å². The van der Waals surface area contributed by atoms with Crippen LogP contribution in [0.4, 0.5) is 5.69 Å². The molecule has 0 fully saturated rings. The molecule has 2 amide bonds. The minimum Gasteiger partial charge on any atom is -0.374 e. The first-order valence-corrected chi connectivity index (χ1v) is 10.2. The van der Waals surface area contributed by atoms with E-state index in [-0.39, 0.29) is 37.2 Å². The van der Waals surface area contributed by atoms with Gasteiger partial charge < -0.3 is 15.0 Å². The first-order valence-electron chi connectivity index (χ1n) is 10.2. The maximum absolute atomic E-state index is 12.6. The molecule has 2 rings (SSSR count). The standard InChI is InChI=1S/C24H29N3O3/c1-19(2)30-18-21-9-6-8-20(16-21)17-26-23(28)12-13-24(29)27(15-7-14-25)22-10-4-3-5-11-22/h3-6,8-11,16,19H,7,12-13,15,17-18H2,1-2H3,(H,26,28). The lowest BCUT2D eigenvalue weighted by molar-refractivity contribution is -0.125. The minimum absolute atomic E-state index is 0.0917. The molecule has 0 bridgehead atoms. The third-order valence-electron chi connectivity index (χ3n) is 4.45. The van der Waals surface area contributed by atoms with Gasteiger partial charge in [-0.2, -0.15) is 5.26 Å². The van der Waals surface area contributed by atoms with Crippen molar-refractivity contribution in [3.8, 4) is 6.07 Å². The number of benzene rings is 2. The van der Waals surface area contributed by atoms with Crippen molar-refractivity contribution >= 4 is 17.5 Å². The zero-order valence-electron chi connectivity index (χ0n) is 17.6. The van der Waals surface area contributed by atoms with Crippen molar-refractivity contribution in [3.63, 3.8) is 0 Å². The molecule has 0 atom stereocenters. The maximum Gasteiger partial charge on any atom is 0.227 e. The molecular formula is C24H29N3O3. The highest BCUT2D eigenvalue weighted by Gasteiger charge is 2.16. The molecule has 158 valence electrons. The summed E-state index contributed by atoms with van der Waals surface area (Å²) < 4.78 is 5.61. The largest absolute Gasteiger partial charge is 0.374 e. The molecule has 6 heteroatoms.